The van der Waals surface area contributed by atoms with E-state index >= 15 is 0 Å². The average molecular weight is 489 g/mol. The second kappa shape index (κ2) is 10.7. The number of ether oxygens (including phenoxy) is 3. The molecule has 0 atom stereocenters. The lowest BCUT2D eigenvalue weighted by Crippen LogP contribution is -2.41. The lowest BCUT2D eigenvalue weighted by atomic mass is 9.97. The molecule has 0 bridgehead atoms. The number of nitrogens with zero attached hydrogens (tertiary/aromatic N) is 1. The Morgan fingerprint density at radius 3 is 2.32 bits per heavy atom. The summed E-state index contributed by atoms with van der Waals surface area (Å²) in [5, 5.41) is 2.97. The summed E-state index contributed by atoms with van der Waals surface area (Å²) in [6.07, 6.45) is 5.70. The number of anilines is 1. The molecule has 1 saturated heterocycles. The molecule has 2 fully saturated rings. The van der Waals surface area contributed by atoms with Gasteiger partial charge in [-0.15, -0.1) is 0 Å². The summed E-state index contributed by atoms with van der Waals surface area (Å²) in [5.41, 5.74) is 0.695. The van der Waals surface area contributed by atoms with E-state index in [0.29, 0.717) is 30.0 Å². The van der Waals surface area contributed by atoms with Crippen LogP contribution in [0.4, 0.5) is 5.69 Å². The van der Waals surface area contributed by atoms with Crippen LogP contribution in [0.3, 0.4) is 0 Å². The summed E-state index contributed by atoms with van der Waals surface area (Å²) in [5.74, 6) is 1.24. The van der Waals surface area contributed by atoms with E-state index in [-0.39, 0.29) is 35.9 Å². The molecule has 1 heterocycles. The highest BCUT2D eigenvalue weighted by Crippen LogP contribution is 2.32. The van der Waals surface area contributed by atoms with Crippen molar-refractivity contribution >= 4 is 21.6 Å². The van der Waals surface area contributed by atoms with Crippen molar-refractivity contribution in [2.45, 2.75) is 49.5 Å². The Balaban J connectivity index is 1.35. The molecule has 34 heavy (non-hydrogen) atoms. The highest BCUT2D eigenvalue weighted by molar-refractivity contribution is 7.89. The zero-order valence-electron chi connectivity index (χ0n) is 19.7. The van der Waals surface area contributed by atoms with E-state index in [4.69, 9.17) is 14.2 Å². The Morgan fingerprint density at radius 2 is 1.65 bits per heavy atom. The van der Waals surface area contributed by atoms with Gasteiger partial charge in [-0.05, 0) is 62.8 Å². The van der Waals surface area contributed by atoms with Crippen LogP contribution >= 0.6 is 0 Å². The number of rotatable bonds is 8. The van der Waals surface area contributed by atoms with Crippen molar-refractivity contribution in [3.8, 4) is 17.2 Å². The maximum absolute atomic E-state index is 13.1. The summed E-state index contributed by atoms with van der Waals surface area (Å²) in [6, 6.07) is 12.0. The molecule has 9 heteroatoms. The van der Waals surface area contributed by atoms with E-state index in [0.717, 1.165) is 18.6 Å². The van der Waals surface area contributed by atoms with Crippen LogP contribution in [0, 0.1) is 5.92 Å². The molecule has 1 saturated carbocycles. The van der Waals surface area contributed by atoms with Crippen LogP contribution in [0.15, 0.2) is 47.4 Å². The fraction of sp³-hybridized carbons (Fsp3) is 0.480. The fourth-order valence-electron chi connectivity index (χ4n) is 4.57. The molecule has 8 nitrogen and oxygen atoms in total. The first kappa shape index (κ1) is 24.3. The van der Waals surface area contributed by atoms with Crippen molar-refractivity contribution in [3.05, 3.63) is 42.5 Å². The van der Waals surface area contributed by atoms with E-state index in [1.165, 1.54) is 43.5 Å². The Hall–Kier alpha value is -2.78. The van der Waals surface area contributed by atoms with Crippen molar-refractivity contribution in [3.63, 3.8) is 0 Å². The summed E-state index contributed by atoms with van der Waals surface area (Å²) in [6.45, 7) is 0.555. The van der Waals surface area contributed by atoms with E-state index < -0.39 is 10.0 Å². The van der Waals surface area contributed by atoms with E-state index in [9.17, 15) is 13.2 Å². The molecule has 1 amide bonds. The molecule has 1 aliphatic carbocycles. The minimum absolute atomic E-state index is 0.0961. The normalized spacial score (nSPS) is 17.9. The molecule has 184 valence electrons. The maximum Gasteiger partial charge on any atom is 0.243 e. The monoisotopic (exact) mass is 488 g/mol. The van der Waals surface area contributed by atoms with Gasteiger partial charge in [0.25, 0.3) is 0 Å². The first-order valence-corrected chi connectivity index (χ1v) is 13.1. The molecule has 4 rings (SSSR count). The molecular weight excluding hydrogens is 456 g/mol. The van der Waals surface area contributed by atoms with Crippen LogP contribution in [0.5, 0.6) is 17.2 Å². The second-order valence-electron chi connectivity index (χ2n) is 8.74. The van der Waals surface area contributed by atoms with Crippen LogP contribution in [0.25, 0.3) is 0 Å². The molecule has 0 unspecified atom stereocenters. The lowest BCUT2D eigenvalue weighted by Gasteiger charge is -2.30. The minimum Gasteiger partial charge on any atom is -0.493 e. The van der Waals surface area contributed by atoms with Gasteiger partial charge in [-0.2, -0.15) is 4.31 Å². The molecule has 0 spiro atoms. The molecule has 2 aliphatic rings. The first-order valence-electron chi connectivity index (χ1n) is 11.7. The largest absolute Gasteiger partial charge is 0.493 e. The summed E-state index contributed by atoms with van der Waals surface area (Å²) in [7, 11) is -0.727. The predicted octanol–water partition coefficient (Wildman–Crippen LogP) is 4.06. The number of sulfonamides is 1. The Labute approximate surface area is 201 Å². The third-order valence-electron chi connectivity index (χ3n) is 6.52. The summed E-state index contributed by atoms with van der Waals surface area (Å²) >= 11 is 0. The average Bonchev–Trinajstić information content (AvgIpc) is 3.37. The highest BCUT2D eigenvalue weighted by Gasteiger charge is 2.32. The molecular formula is C25H32N2O6S. The van der Waals surface area contributed by atoms with Crippen molar-refractivity contribution in [1.82, 2.24) is 4.31 Å². The predicted molar refractivity (Wildman–Crippen MR) is 129 cm³/mol. The van der Waals surface area contributed by atoms with E-state index in [1.807, 2.05) is 24.3 Å². The van der Waals surface area contributed by atoms with Gasteiger partial charge >= 0.3 is 0 Å². The number of carbonyl (C=O) groups excluding carboxylic acids is 1. The van der Waals surface area contributed by atoms with E-state index in [2.05, 4.69) is 5.32 Å². The number of methoxy groups -OCH3 is 2. The quantitative estimate of drug-likeness (QED) is 0.602. The molecule has 1 aliphatic heterocycles. The number of amides is 1. The van der Waals surface area contributed by atoms with Gasteiger partial charge in [0.15, 0.2) is 11.5 Å². The summed E-state index contributed by atoms with van der Waals surface area (Å²) in [4.78, 5) is 13.0. The van der Waals surface area contributed by atoms with Crippen LogP contribution in [0.2, 0.25) is 0 Å². The van der Waals surface area contributed by atoms with Crippen molar-refractivity contribution in [2.24, 2.45) is 5.92 Å². The lowest BCUT2D eigenvalue weighted by molar-refractivity contribution is -0.120. The van der Waals surface area contributed by atoms with Gasteiger partial charge < -0.3 is 19.5 Å². The topological polar surface area (TPSA) is 94.2 Å². The third-order valence-corrected chi connectivity index (χ3v) is 8.42. The standard InChI is InChI=1S/C25H32N2O6S/c1-31-23-11-10-22(17-24(23)32-2)34(29,30)27-14-12-18(13-15-27)25(28)26-19-6-5-9-21(16-19)33-20-7-3-4-8-20/h5-6,9-11,16-18,20H,3-4,7-8,12-15H2,1-2H3,(H,26,28). The number of hydrogen-bond donors (Lipinski definition) is 1. The number of piperidine rings is 1. The van der Waals surface area contributed by atoms with Crippen LogP contribution in [-0.4, -0.2) is 52.0 Å². The molecule has 2 aromatic carbocycles. The van der Waals surface area contributed by atoms with Crippen molar-refractivity contribution in [2.75, 3.05) is 32.6 Å². The molecule has 0 radical (unpaired) electrons. The first-order chi connectivity index (χ1) is 16.4. The van der Waals surface area contributed by atoms with Gasteiger partial charge in [0.05, 0.1) is 25.2 Å². The fourth-order valence-corrected chi connectivity index (χ4v) is 6.06. The van der Waals surface area contributed by atoms with Gasteiger partial charge in [-0.25, -0.2) is 8.42 Å². The Bertz CT molecular complexity index is 1110. The van der Waals surface area contributed by atoms with Crippen LogP contribution in [-0.2, 0) is 14.8 Å². The van der Waals surface area contributed by atoms with Gasteiger partial charge in [-0.3, -0.25) is 4.79 Å². The van der Waals surface area contributed by atoms with Crippen LogP contribution in [0.1, 0.15) is 38.5 Å². The number of hydrogen-bond acceptors (Lipinski definition) is 6. The zero-order chi connectivity index (χ0) is 24.1. The number of carbonyl (C=O) groups is 1. The summed E-state index contributed by atoms with van der Waals surface area (Å²) < 4.78 is 44.1. The van der Waals surface area contributed by atoms with Gasteiger partial charge in [0.2, 0.25) is 15.9 Å². The van der Waals surface area contributed by atoms with Gasteiger partial charge in [0.1, 0.15) is 5.75 Å². The second-order valence-corrected chi connectivity index (χ2v) is 10.7. The SMILES string of the molecule is COc1ccc(S(=O)(=O)N2CCC(C(=O)Nc3cccc(OC4CCCC4)c3)CC2)cc1OC. The molecule has 0 aromatic heterocycles. The highest BCUT2D eigenvalue weighted by atomic mass is 32.2. The van der Waals surface area contributed by atoms with Crippen molar-refractivity contribution < 1.29 is 27.4 Å². The minimum atomic E-state index is -3.70. The van der Waals surface area contributed by atoms with Crippen molar-refractivity contribution in [1.29, 1.82) is 0 Å². The van der Waals surface area contributed by atoms with Gasteiger partial charge in [0, 0.05) is 36.8 Å². The smallest absolute Gasteiger partial charge is 0.243 e. The molecule has 1 N–H and O–H groups in total. The van der Waals surface area contributed by atoms with Gasteiger partial charge in [-0.1, -0.05) is 6.07 Å². The molecule has 2 aromatic rings. The number of benzene rings is 2. The Kier molecular flexibility index (Phi) is 7.63. The Morgan fingerprint density at radius 1 is 0.941 bits per heavy atom. The number of nitrogens with one attached hydrogen (secondary N) is 1. The van der Waals surface area contributed by atoms with Crippen LogP contribution < -0.4 is 19.5 Å². The maximum atomic E-state index is 13.1. The zero-order valence-corrected chi connectivity index (χ0v) is 20.5. The van der Waals surface area contributed by atoms with E-state index in [1.54, 1.807) is 6.07 Å². The third kappa shape index (κ3) is 5.47.